The largest absolute Gasteiger partial charge is 0.309 e. The highest BCUT2D eigenvalue weighted by Gasteiger charge is 2.06. The van der Waals surface area contributed by atoms with Crippen LogP contribution in [0.5, 0.6) is 0 Å². The third kappa shape index (κ3) is 5.56. The highest BCUT2D eigenvalue weighted by atomic mass is 32.2. The summed E-state index contributed by atoms with van der Waals surface area (Å²) in [5.74, 6) is 0.640. The average molecular weight is 299 g/mol. The Kier molecular flexibility index (Phi) is 6.34. The molecule has 0 aliphatic carbocycles. The zero-order valence-corrected chi connectivity index (χ0v) is 14.1. The summed E-state index contributed by atoms with van der Waals surface area (Å²) in [6.07, 6.45) is 2.51. The predicted molar refractivity (Wildman–Crippen MR) is 93.2 cm³/mol. The van der Waals surface area contributed by atoms with Gasteiger partial charge in [-0.3, -0.25) is 0 Å². The topological polar surface area (TPSA) is 3.24 Å². The third-order valence-electron chi connectivity index (χ3n) is 3.67. The van der Waals surface area contributed by atoms with Gasteiger partial charge < -0.3 is 4.90 Å². The van der Waals surface area contributed by atoms with E-state index in [0.717, 1.165) is 0 Å². The maximum atomic E-state index is 2.33. The molecular weight excluding hydrogens is 274 g/mol. The van der Waals surface area contributed by atoms with Gasteiger partial charge in [0.05, 0.1) is 0 Å². The van der Waals surface area contributed by atoms with Crippen LogP contribution in [0.1, 0.15) is 31.2 Å². The number of benzene rings is 2. The molecule has 0 fully saturated rings. The minimum absolute atomic E-state index is 0.640. The highest BCUT2D eigenvalue weighted by Crippen LogP contribution is 2.29. The molecule has 21 heavy (non-hydrogen) atoms. The summed E-state index contributed by atoms with van der Waals surface area (Å²) in [7, 11) is 4.28. The van der Waals surface area contributed by atoms with Crippen LogP contribution in [0, 0.1) is 0 Å². The summed E-state index contributed by atoms with van der Waals surface area (Å²) >= 11 is 1.82. The number of rotatable bonds is 7. The van der Waals surface area contributed by atoms with Gasteiger partial charge in [0.25, 0.3) is 0 Å². The predicted octanol–water partition coefficient (Wildman–Crippen LogP) is 5.28. The van der Waals surface area contributed by atoms with Crippen molar-refractivity contribution in [3.8, 4) is 0 Å². The van der Waals surface area contributed by atoms with Crippen molar-refractivity contribution in [3.05, 3.63) is 60.2 Å². The lowest BCUT2D eigenvalue weighted by Crippen LogP contribution is -2.13. The molecule has 0 aliphatic rings. The van der Waals surface area contributed by atoms with Crippen LogP contribution in [0.25, 0.3) is 0 Å². The second-order valence-corrected chi connectivity index (χ2v) is 6.98. The molecule has 0 saturated carbocycles. The van der Waals surface area contributed by atoms with Crippen LogP contribution in [0.2, 0.25) is 0 Å². The fraction of sp³-hybridized carbons (Fsp3) is 0.368. The first kappa shape index (κ1) is 16.1. The Balaban J connectivity index is 1.89. The van der Waals surface area contributed by atoms with Gasteiger partial charge in [-0.25, -0.2) is 0 Å². The lowest BCUT2D eigenvalue weighted by molar-refractivity contribution is 0.387. The Labute approximate surface area is 133 Å². The molecule has 2 rings (SSSR count). The van der Waals surface area contributed by atoms with Crippen LogP contribution in [-0.2, 0) is 0 Å². The van der Waals surface area contributed by atoms with E-state index < -0.39 is 0 Å². The van der Waals surface area contributed by atoms with E-state index in [1.807, 2.05) is 11.8 Å². The average Bonchev–Trinajstić information content (AvgIpc) is 2.48. The van der Waals surface area contributed by atoms with Gasteiger partial charge in [-0.2, -0.15) is 0 Å². The van der Waals surface area contributed by atoms with Crippen LogP contribution in [0.3, 0.4) is 0 Å². The number of hydrogen-bond donors (Lipinski definition) is 0. The Morgan fingerprint density at radius 3 is 2.14 bits per heavy atom. The molecule has 0 aromatic heterocycles. The Hall–Kier alpha value is -1.25. The maximum Gasteiger partial charge on any atom is 0.0122 e. The number of hydrogen-bond acceptors (Lipinski definition) is 2. The molecule has 0 saturated heterocycles. The van der Waals surface area contributed by atoms with E-state index >= 15 is 0 Å². The molecule has 112 valence electrons. The Bertz CT molecular complexity index is 519. The molecule has 1 nitrogen and oxygen atoms in total. The summed E-state index contributed by atoms with van der Waals surface area (Å²) in [4.78, 5) is 4.86. The van der Waals surface area contributed by atoms with Crippen molar-refractivity contribution in [1.82, 2.24) is 4.90 Å². The van der Waals surface area contributed by atoms with E-state index in [-0.39, 0.29) is 0 Å². The second kappa shape index (κ2) is 8.26. The smallest absolute Gasteiger partial charge is 0.0122 e. The first-order chi connectivity index (χ1) is 10.1. The molecule has 0 bridgehead atoms. The molecule has 0 heterocycles. The Morgan fingerprint density at radius 1 is 0.905 bits per heavy atom. The van der Waals surface area contributed by atoms with Gasteiger partial charge in [-0.1, -0.05) is 49.0 Å². The first-order valence-corrected chi connectivity index (χ1v) is 8.44. The lowest BCUT2D eigenvalue weighted by Gasteiger charge is -2.14. The van der Waals surface area contributed by atoms with Crippen molar-refractivity contribution in [2.45, 2.75) is 35.5 Å². The highest BCUT2D eigenvalue weighted by molar-refractivity contribution is 7.99. The van der Waals surface area contributed by atoms with Crippen molar-refractivity contribution < 1.29 is 0 Å². The summed E-state index contributed by atoms with van der Waals surface area (Å²) in [6.45, 7) is 3.50. The third-order valence-corrected chi connectivity index (χ3v) is 4.69. The summed E-state index contributed by atoms with van der Waals surface area (Å²) < 4.78 is 0. The minimum atomic E-state index is 0.640. The summed E-state index contributed by atoms with van der Waals surface area (Å²) in [6, 6.07) is 19.6. The SMILES string of the molecule is CC(CCCN(C)C)c1ccc(Sc2ccccc2)cc1. The Morgan fingerprint density at radius 2 is 1.52 bits per heavy atom. The van der Waals surface area contributed by atoms with E-state index in [1.54, 1.807) is 0 Å². The second-order valence-electron chi connectivity index (χ2n) is 5.83. The van der Waals surface area contributed by atoms with Gasteiger partial charge >= 0.3 is 0 Å². The van der Waals surface area contributed by atoms with Crippen LogP contribution in [-0.4, -0.2) is 25.5 Å². The molecule has 0 radical (unpaired) electrons. The molecule has 0 amide bonds. The summed E-state index contributed by atoms with van der Waals surface area (Å²) in [5.41, 5.74) is 1.45. The molecule has 0 N–H and O–H groups in total. The zero-order valence-electron chi connectivity index (χ0n) is 13.3. The molecule has 2 heteroatoms. The fourth-order valence-corrected chi connectivity index (χ4v) is 3.21. The van der Waals surface area contributed by atoms with E-state index in [0.29, 0.717) is 5.92 Å². The minimum Gasteiger partial charge on any atom is -0.309 e. The normalized spacial score (nSPS) is 12.6. The van der Waals surface area contributed by atoms with Crippen molar-refractivity contribution in [2.75, 3.05) is 20.6 Å². The molecule has 2 aromatic carbocycles. The standard InChI is InChI=1S/C19H25NS/c1-16(8-7-15-20(2)3)17-11-13-19(14-12-17)21-18-9-5-4-6-10-18/h4-6,9-14,16H,7-8,15H2,1-3H3. The van der Waals surface area contributed by atoms with Gasteiger partial charge in [-0.15, -0.1) is 0 Å². The molecule has 1 unspecified atom stereocenters. The molecular formula is C19H25NS. The first-order valence-electron chi connectivity index (χ1n) is 7.63. The zero-order chi connectivity index (χ0) is 15.1. The van der Waals surface area contributed by atoms with Crippen LogP contribution in [0.15, 0.2) is 64.4 Å². The molecule has 2 aromatic rings. The van der Waals surface area contributed by atoms with Gasteiger partial charge in [0.2, 0.25) is 0 Å². The van der Waals surface area contributed by atoms with Gasteiger partial charge in [-0.05, 0) is 69.2 Å². The molecule has 1 atom stereocenters. The maximum absolute atomic E-state index is 2.33. The van der Waals surface area contributed by atoms with Gasteiger partial charge in [0.1, 0.15) is 0 Å². The van der Waals surface area contributed by atoms with Gasteiger partial charge in [0, 0.05) is 9.79 Å². The quantitative estimate of drug-likeness (QED) is 0.684. The van der Waals surface area contributed by atoms with Crippen LogP contribution >= 0.6 is 11.8 Å². The van der Waals surface area contributed by atoms with Crippen molar-refractivity contribution >= 4 is 11.8 Å². The van der Waals surface area contributed by atoms with Crippen LogP contribution in [0.4, 0.5) is 0 Å². The van der Waals surface area contributed by atoms with E-state index in [4.69, 9.17) is 0 Å². The van der Waals surface area contributed by atoms with Crippen molar-refractivity contribution in [2.24, 2.45) is 0 Å². The monoisotopic (exact) mass is 299 g/mol. The van der Waals surface area contributed by atoms with Crippen molar-refractivity contribution in [3.63, 3.8) is 0 Å². The van der Waals surface area contributed by atoms with E-state index in [2.05, 4.69) is 80.5 Å². The van der Waals surface area contributed by atoms with E-state index in [1.165, 1.54) is 34.7 Å². The fourth-order valence-electron chi connectivity index (χ4n) is 2.37. The van der Waals surface area contributed by atoms with Gasteiger partial charge in [0.15, 0.2) is 0 Å². The number of nitrogens with zero attached hydrogens (tertiary/aromatic N) is 1. The molecule has 0 aliphatic heterocycles. The lowest BCUT2D eigenvalue weighted by atomic mass is 9.96. The van der Waals surface area contributed by atoms with E-state index in [9.17, 15) is 0 Å². The molecule has 0 spiro atoms. The van der Waals surface area contributed by atoms with Crippen molar-refractivity contribution in [1.29, 1.82) is 0 Å². The van der Waals surface area contributed by atoms with Crippen LogP contribution < -0.4 is 0 Å². The summed E-state index contributed by atoms with van der Waals surface area (Å²) in [5, 5.41) is 0.